The van der Waals surface area contributed by atoms with E-state index in [1.165, 1.54) is 28.4 Å². The number of hydrogen-bond donors (Lipinski definition) is 1. The van der Waals surface area contributed by atoms with Gasteiger partial charge >= 0.3 is 0 Å². The molecule has 222 valence electrons. The van der Waals surface area contributed by atoms with Gasteiger partial charge in [-0.2, -0.15) is 10.5 Å². The minimum atomic E-state index is -2.08. The molecule has 2 heterocycles. The third-order valence-corrected chi connectivity index (χ3v) is 8.96. The van der Waals surface area contributed by atoms with Crippen molar-refractivity contribution in [2.45, 2.75) is 30.3 Å². The van der Waals surface area contributed by atoms with Gasteiger partial charge in [0.25, 0.3) is 0 Å². The van der Waals surface area contributed by atoms with E-state index in [1.54, 1.807) is 60.7 Å². The summed E-state index contributed by atoms with van der Waals surface area (Å²) < 4.78 is 28.9. The number of benzene rings is 3. The smallest absolute Gasteiger partial charge is 0.242 e. The SMILES string of the molecule is COc1ccc(OC)c([C@@H]2CC(=O)C3=C(C[C@H](c4cc(OC)ccc4OC)C(C#N)(C#N)[C@@]34C(=O)Nc3ccccc34)O2)c1. The van der Waals surface area contributed by atoms with Crippen molar-refractivity contribution in [3.05, 3.63) is 88.7 Å². The van der Waals surface area contributed by atoms with Crippen LogP contribution in [0.15, 0.2) is 72.0 Å². The lowest BCUT2D eigenvalue weighted by Crippen LogP contribution is -2.58. The van der Waals surface area contributed by atoms with Crippen LogP contribution in [0.1, 0.15) is 41.6 Å². The molecule has 1 amide bonds. The number of allylic oxidation sites excluding steroid dienone is 1. The Labute approximate surface area is 254 Å². The van der Waals surface area contributed by atoms with Gasteiger partial charge in [0.1, 0.15) is 40.3 Å². The number of ether oxygens (including phenoxy) is 5. The van der Waals surface area contributed by atoms with Gasteiger partial charge in [-0.3, -0.25) is 9.59 Å². The summed E-state index contributed by atoms with van der Waals surface area (Å²) in [7, 11) is 6.05. The van der Waals surface area contributed by atoms with Gasteiger partial charge in [-0.15, -0.1) is 0 Å². The zero-order valence-corrected chi connectivity index (χ0v) is 24.6. The molecular weight excluding hydrogens is 562 g/mol. The molecule has 0 unspecified atom stereocenters. The number of hydrogen-bond acceptors (Lipinski definition) is 9. The summed E-state index contributed by atoms with van der Waals surface area (Å²) >= 11 is 0. The molecule has 10 heteroatoms. The van der Waals surface area contributed by atoms with Crippen LogP contribution < -0.4 is 24.3 Å². The van der Waals surface area contributed by atoms with Crippen LogP contribution in [-0.2, 0) is 19.7 Å². The van der Waals surface area contributed by atoms with Gasteiger partial charge in [0.2, 0.25) is 5.91 Å². The molecule has 0 fully saturated rings. The number of ketones is 1. The van der Waals surface area contributed by atoms with Crippen LogP contribution in [0.25, 0.3) is 0 Å². The summed E-state index contributed by atoms with van der Waals surface area (Å²) in [5, 5.41) is 24.9. The predicted octanol–water partition coefficient (Wildman–Crippen LogP) is 5.12. The van der Waals surface area contributed by atoms with Crippen LogP contribution in [-0.4, -0.2) is 40.1 Å². The molecule has 3 aromatic carbocycles. The Hall–Kier alpha value is -5.48. The molecule has 0 aromatic heterocycles. The molecule has 3 aromatic rings. The van der Waals surface area contributed by atoms with Crippen molar-refractivity contribution in [3.63, 3.8) is 0 Å². The molecule has 1 aliphatic carbocycles. The molecule has 10 nitrogen and oxygen atoms in total. The third-order valence-electron chi connectivity index (χ3n) is 8.96. The molecule has 0 saturated heterocycles. The van der Waals surface area contributed by atoms with Crippen molar-refractivity contribution in [2.75, 3.05) is 33.8 Å². The second-order valence-corrected chi connectivity index (χ2v) is 10.8. The lowest BCUT2D eigenvalue weighted by Gasteiger charge is -2.50. The maximum atomic E-state index is 14.4. The highest BCUT2D eigenvalue weighted by Gasteiger charge is 2.72. The van der Waals surface area contributed by atoms with Crippen LogP contribution in [0.5, 0.6) is 23.0 Å². The normalized spacial score (nSPS) is 23.0. The van der Waals surface area contributed by atoms with Crippen molar-refractivity contribution in [2.24, 2.45) is 5.41 Å². The zero-order chi connectivity index (χ0) is 31.2. The number of Topliss-reactive ketones (excluding diaryl/α,β-unsaturated/α-hetero) is 1. The number of carbonyl (C=O) groups excluding carboxylic acids is 2. The standard InChI is InChI=1S/C34H29N3O7/c1-40-19-9-11-27(42-3)21(13-19)24-15-30-31(26(38)16-29(44-30)22-14-20(41-2)10-12-28(22)43-4)34(33(24,17-35)18-36)23-7-5-6-8-25(23)37-32(34)39/h5-14,24,29H,15-16H2,1-4H3,(H,37,39)/t24-,29+,34-/m1/s1. The number of carbonyl (C=O) groups is 2. The minimum Gasteiger partial charge on any atom is -0.497 e. The van der Waals surface area contributed by atoms with Crippen molar-refractivity contribution in [1.82, 2.24) is 0 Å². The molecule has 0 saturated carbocycles. The Bertz CT molecular complexity index is 1800. The number of para-hydroxylation sites is 1. The molecule has 0 bridgehead atoms. The molecule has 3 atom stereocenters. The Balaban J connectivity index is 1.66. The number of fused-ring (bicyclic) bond motifs is 3. The number of methoxy groups -OCH3 is 4. The molecule has 6 rings (SSSR count). The predicted molar refractivity (Wildman–Crippen MR) is 157 cm³/mol. The summed E-state index contributed by atoms with van der Waals surface area (Å²) in [5.41, 5.74) is -2.23. The highest BCUT2D eigenvalue weighted by atomic mass is 16.5. The summed E-state index contributed by atoms with van der Waals surface area (Å²) in [4.78, 5) is 28.8. The van der Waals surface area contributed by atoms with Gasteiger partial charge in [-0.05, 0) is 48.0 Å². The van der Waals surface area contributed by atoms with Crippen LogP contribution in [0, 0.1) is 28.1 Å². The number of nitrogens with zero attached hydrogens (tertiary/aromatic N) is 2. The minimum absolute atomic E-state index is 0.0132. The Morgan fingerprint density at radius 3 is 2.05 bits per heavy atom. The molecule has 1 N–H and O–H groups in total. The van der Waals surface area contributed by atoms with E-state index in [0.29, 0.717) is 45.4 Å². The molecule has 3 aliphatic rings. The van der Waals surface area contributed by atoms with Gasteiger partial charge in [-0.25, -0.2) is 0 Å². The summed E-state index contributed by atoms with van der Waals surface area (Å²) in [6, 6.07) is 21.6. The average Bonchev–Trinajstić information content (AvgIpc) is 3.35. The lowest BCUT2D eigenvalue weighted by molar-refractivity contribution is -0.130. The quantitative estimate of drug-likeness (QED) is 0.414. The monoisotopic (exact) mass is 591 g/mol. The molecule has 2 aliphatic heterocycles. The molecular formula is C34H29N3O7. The van der Waals surface area contributed by atoms with Crippen LogP contribution in [0.4, 0.5) is 5.69 Å². The van der Waals surface area contributed by atoms with Crippen molar-refractivity contribution >= 4 is 17.4 Å². The lowest BCUT2D eigenvalue weighted by atomic mass is 9.47. The summed E-state index contributed by atoms with van der Waals surface area (Å²) in [6.45, 7) is 0. The van der Waals surface area contributed by atoms with E-state index in [4.69, 9.17) is 23.7 Å². The van der Waals surface area contributed by atoms with Crippen LogP contribution in [0.3, 0.4) is 0 Å². The number of anilines is 1. The Morgan fingerprint density at radius 1 is 0.818 bits per heavy atom. The second-order valence-electron chi connectivity index (χ2n) is 10.8. The van der Waals surface area contributed by atoms with Gasteiger partial charge in [0.05, 0.1) is 52.6 Å². The first-order chi connectivity index (χ1) is 21.3. The maximum absolute atomic E-state index is 14.4. The number of rotatable bonds is 6. The first-order valence-corrected chi connectivity index (χ1v) is 13.9. The fraction of sp³-hybridized carbons (Fsp3) is 0.294. The Morgan fingerprint density at radius 2 is 1.43 bits per heavy atom. The first-order valence-electron chi connectivity index (χ1n) is 13.9. The van der Waals surface area contributed by atoms with Crippen LogP contribution >= 0.6 is 0 Å². The van der Waals surface area contributed by atoms with Gasteiger partial charge in [0.15, 0.2) is 11.2 Å². The summed E-state index contributed by atoms with van der Waals surface area (Å²) in [5.74, 6) is 0.106. The fourth-order valence-electron chi connectivity index (χ4n) is 7.03. The fourth-order valence-corrected chi connectivity index (χ4v) is 7.03. The van der Waals surface area contributed by atoms with E-state index in [2.05, 4.69) is 17.5 Å². The number of amides is 1. The van der Waals surface area contributed by atoms with Gasteiger partial charge < -0.3 is 29.0 Å². The zero-order valence-electron chi connectivity index (χ0n) is 24.6. The summed E-state index contributed by atoms with van der Waals surface area (Å²) in [6.07, 6.45) is -0.974. The van der Waals surface area contributed by atoms with E-state index >= 15 is 0 Å². The van der Waals surface area contributed by atoms with Gasteiger partial charge in [-0.1, -0.05) is 18.2 Å². The maximum Gasteiger partial charge on any atom is 0.242 e. The van der Waals surface area contributed by atoms with Crippen molar-refractivity contribution < 1.29 is 33.3 Å². The van der Waals surface area contributed by atoms with E-state index in [-0.39, 0.29) is 24.2 Å². The van der Waals surface area contributed by atoms with Crippen LogP contribution in [0.2, 0.25) is 0 Å². The molecule has 1 spiro atoms. The largest absolute Gasteiger partial charge is 0.497 e. The molecule has 44 heavy (non-hydrogen) atoms. The van der Waals surface area contributed by atoms with Gasteiger partial charge in [0, 0.05) is 29.2 Å². The second kappa shape index (κ2) is 10.7. The van der Waals surface area contributed by atoms with E-state index in [1.807, 2.05) is 0 Å². The number of nitriles is 2. The van der Waals surface area contributed by atoms with Crippen molar-refractivity contribution in [3.8, 4) is 35.1 Å². The molecule has 0 radical (unpaired) electrons. The van der Waals surface area contributed by atoms with E-state index in [0.717, 1.165) is 0 Å². The first kappa shape index (κ1) is 28.6. The average molecular weight is 592 g/mol. The Kier molecular flexibility index (Phi) is 6.94. The van der Waals surface area contributed by atoms with E-state index in [9.17, 15) is 20.1 Å². The third kappa shape index (κ3) is 3.77. The highest BCUT2D eigenvalue weighted by molar-refractivity contribution is 6.17. The highest BCUT2D eigenvalue weighted by Crippen LogP contribution is 2.66. The topological polar surface area (TPSA) is 140 Å². The number of nitrogens with one attached hydrogen (secondary N) is 1. The van der Waals surface area contributed by atoms with E-state index < -0.39 is 34.5 Å². The van der Waals surface area contributed by atoms with Crippen molar-refractivity contribution in [1.29, 1.82) is 10.5 Å².